The molecule has 35 heavy (non-hydrogen) atoms. The summed E-state index contributed by atoms with van der Waals surface area (Å²) in [6.45, 7) is 0. The summed E-state index contributed by atoms with van der Waals surface area (Å²) in [5.41, 5.74) is 4.61. The van der Waals surface area contributed by atoms with Gasteiger partial charge < -0.3 is 5.84 Å². The topological polar surface area (TPSA) is 136 Å². The number of aromatic nitrogens is 5. The predicted molar refractivity (Wildman–Crippen MR) is 146 cm³/mol. The van der Waals surface area contributed by atoms with Crippen LogP contribution in [0.1, 0.15) is 11.1 Å². The third kappa shape index (κ3) is 7.41. The van der Waals surface area contributed by atoms with Crippen LogP contribution in [0.25, 0.3) is 0 Å². The number of anilines is 2. The molecule has 180 valence electrons. The molecule has 2 heterocycles. The van der Waals surface area contributed by atoms with Crippen molar-refractivity contribution in [1.29, 1.82) is 0 Å². The number of nitrogens with one attached hydrogen (secondary N) is 2. The van der Waals surface area contributed by atoms with E-state index in [1.165, 1.54) is 16.0 Å². The molecule has 4 rings (SSSR count). The Kier molecular flexibility index (Phi) is 8.98. The molecule has 0 saturated carbocycles. The molecule has 0 aliphatic heterocycles. The first-order chi connectivity index (χ1) is 17.0. The van der Waals surface area contributed by atoms with Crippen molar-refractivity contribution < 1.29 is 4.79 Å². The SMILES string of the molecule is Nn1c(N/N=C/c2ccccc2Cl)nnc1SCC(=O)Nc1nnc(SCc2cccc(Br)c2)s1. The Bertz CT molecular complexity index is 1350. The summed E-state index contributed by atoms with van der Waals surface area (Å²) in [6, 6.07) is 15.3. The summed E-state index contributed by atoms with van der Waals surface area (Å²) in [5.74, 6) is 6.77. The summed E-state index contributed by atoms with van der Waals surface area (Å²) < 4.78 is 3.01. The molecule has 15 heteroatoms. The normalized spacial score (nSPS) is 11.1. The summed E-state index contributed by atoms with van der Waals surface area (Å²) in [4.78, 5) is 12.3. The molecule has 0 unspecified atom stereocenters. The number of amides is 1. The quantitative estimate of drug-likeness (QED) is 0.0765. The zero-order valence-corrected chi connectivity index (χ0v) is 22.6. The molecular formula is C20H17BrClN9OS3. The van der Waals surface area contributed by atoms with Crippen molar-refractivity contribution in [1.82, 2.24) is 25.1 Å². The molecule has 4 aromatic rings. The number of nitrogens with two attached hydrogens (primary N) is 1. The van der Waals surface area contributed by atoms with Gasteiger partial charge in [-0.2, -0.15) is 5.10 Å². The third-order valence-corrected chi connectivity index (χ3v) is 8.00. The van der Waals surface area contributed by atoms with E-state index in [-0.39, 0.29) is 17.6 Å². The fraction of sp³-hybridized carbons (Fsp3) is 0.100. The summed E-state index contributed by atoms with van der Waals surface area (Å²) in [5, 5.41) is 24.2. The molecule has 0 aliphatic rings. The van der Waals surface area contributed by atoms with Gasteiger partial charge in [-0.1, -0.05) is 92.7 Å². The van der Waals surface area contributed by atoms with E-state index in [0.717, 1.165) is 37.5 Å². The Morgan fingerprint density at radius 2 is 2.03 bits per heavy atom. The number of rotatable bonds is 10. The van der Waals surface area contributed by atoms with Crippen molar-refractivity contribution in [3.05, 3.63) is 69.2 Å². The zero-order chi connectivity index (χ0) is 24.6. The van der Waals surface area contributed by atoms with Crippen molar-refractivity contribution in [2.75, 3.05) is 22.3 Å². The second kappa shape index (κ2) is 12.4. The Morgan fingerprint density at radius 3 is 2.86 bits per heavy atom. The van der Waals surface area contributed by atoms with Crippen LogP contribution in [0, 0.1) is 0 Å². The van der Waals surface area contributed by atoms with Gasteiger partial charge in [-0.3, -0.25) is 10.1 Å². The molecule has 2 aromatic heterocycles. The molecule has 0 fully saturated rings. The fourth-order valence-corrected chi connectivity index (χ4v) is 5.57. The van der Waals surface area contributed by atoms with E-state index in [0.29, 0.717) is 15.3 Å². The zero-order valence-electron chi connectivity index (χ0n) is 17.8. The second-order valence-electron chi connectivity index (χ2n) is 6.70. The molecule has 2 aromatic carbocycles. The smallest absolute Gasteiger partial charge is 0.264 e. The number of nitrogens with zero attached hydrogens (tertiary/aromatic N) is 6. The number of thioether (sulfide) groups is 2. The Morgan fingerprint density at radius 1 is 1.17 bits per heavy atom. The average molecular weight is 611 g/mol. The lowest BCUT2D eigenvalue weighted by molar-refractivity contribution is -0.113. The van der Waals surface area contributed by atoms with Gasteiger partial charge >= 0.3 is 0 Å². The van der Waals surface area contributed by atoms with Crippen molar-refractivity contribution >= 4 is 85.6 Å². The van der Waals surface area contributed by atoms with E-state index in [1.54, 1.807) is 24.0 Å². The van der Waals surface area contributed by atoms with Gasteiger partial charge in [-0.15, -0.1) is 20.4 Å². The van der Waals surface area contributed by atoms with Crippen molar-refractivity contribution in [2.45, 2.75) is 15.2 Å². The lowest BCUT2D eigenvalue weighted by Crippen LogP contribution is -2.16. The van der Waals surface area contributed by atoms with Crippen molar-refractivity contribution in [3.63, 3.8) is 0 Å². The highest BCUT2D eigenvalue weighted by Crippen LogP contribution is 2.29. The van der Waals surface area contributed by atoms with Crippen LogP contribution in [-0.4, -0.2) is 42.9 Å². The summed E-state index contributed by atoms with van der Waals surface area (Å²) in [6.07, 6.45) is 1.55. The largest absolute Gasteiger partial charge is 0.334 e. The first kappa shape index (κ1) is 25.4. The molecule has 10 nitrogen and oxygen atoms in total. The lowest BCUT2D eigenvalue weighted by Gasteiger charge is -2.03. The highest BCUT2D eigenvalue weighted by Gasteiger charge is 2.14. The van der Waals surface area contributed by atoms with Gasteiger partial charge in [0, 0.05) is 20.8 Å². The number of nitrogen functional groups attached to an aromatic ring is 1. The Labute approximate surface area is 226 Å². The Hall–Kier alpha value is -2.65. The van der Waals surface area contributed by atoms with Gasteiger partial charge in [0.25, 0.3) is 5.95 Å². The van der Waals surface area contributed by atoms with Crippen molar-refractivity contribution in [3.8, 4) is 0 Å². The highest BCUT2D eigenvalue weighted by molar-refractivity contribution is 9.10. The van der Waals surface area contributed by atoms with Crippen LogP contribution in [0.4, 0.5) is 11.1 Å². The van der Waals surface area contributed by atoms with Crippen molar-refractivity contribution in [2.24, 2.45) is 5.10 Å². The minimum atomic E-state index is -0.260. The molecule has 4 N–H and O–H groups in total. The number of hydrazone groups is 1. The van der Waals surface area contributed by atoms with E-state index in [1.807, 2.05) is 36.4 Å². The van der Waals surface area contributed by atoms with E-state index in [2.05, 4.69) is 58.2 Å². The van der Waals surface area contributed by atoms with E-state index >= 15 is 0 Å². The van der Waals surface area contributed by atoms with Gasteiger partial charge in [0.1, 0.15) is 0 Å². The molecule has 0 radical (unpaired) electrons. The standard InChI is InChI=1S/C20H17BrClN9OS3/c21-14-6-3-4-12(8-14)10-34-20-30-28-18(35-20)25-16(32)11-33-19-29-27-17(31(19)23)26-24-9-13-5-1-2-7-15(13)22/h1-9H,10-11,23H2,(H,26,27)(H,25,28,32)/b24-9+. The van der Waals surface area contributed by atoms with Crippen LogP contribution < -0.4 is 16.6 Å². The van der Waals surface area contributed by atoms with Crippen LogP contribution in [0.2, 0.25) is 5.02 Å². The molecule has 0 saturated heterocycles. The third-order valence-electron chi connectivity index (χ3n) is 4.17. The molecule has 0 atom stereocenters. The molecule has 0 spiro atoms. The predicted octanol–water partition coefficient (Wildman–Crippen LogP) is 4.73. The number of hydrogen-bond donors (Lipinski definition) is 3. The number of carbonyl (C=O) groups excluding carboxylic acids is 1. The first-order valence-electron chi connectivity index (χ1n) is 9.85. The molecule has 0 aliphatic carbocycles. The average Bonchev–Trinajstić information content (AvgIpc) is 3.44. The summed E-state index contributed by atoms with van der Waals surface area (Å²) in [7, 11) is 0. The lowest BCUT2D eigenvalue weighted by atomic mass is 10.2. The Balaban J connectivity index is 1.24. The van der Waals surface area contributed by atoms with E-state index in [9.17, 15) is 4.79 Å². The van der Waals surface area contributed by atoms with Crippen LogP contribution in [0.15, 0.2) is 67.6 Å². The first-order valence-corrected chi connectivity index (χ1v) is 13.8. The van der Waals surface area contributed by atoms with Gasteiger partial charge in [0.15, 0.2) is 4.34 Å². The number of carbonyl (C=O) groups is 1. The van der Waals surface area contributed by atoms with E-state index in [4.69, 9.17) is 17.4 Å². The maximum absolute atomic E-state index is 12.3. The monoisotopic (exact) mass is 609 g/mol. The highest BCUT2D eigenvalue weighted by atomic mass is 79.9. The van der Waals surface area contributed by atoms with Gasteiger partial charge in [-0.25, -0.2) is 10.1 Å². The summed E-state index contributed by atoms with van der Waals surface area (Å²) >= 11 is 13.6. The van der Waals surface area contributed by atoms with Crippen LogP contribution in [0.3, 0.4) is 0 Å². The van der Waals surface area contributed by atoms with Gasteiger partial charge in [-0.05, 0) is 23.8 Å². The van der Waals surface area contributed by atoms with Crippen LogP contribution >= 0.6 is 62.4 Å². The number of hydrogen-bond acceptors (Lipinski definition) is 11. The number of benzene rings is 2. The second-order valence-corrected chi connectivity index (χ2v) is 11.2. The fourth-order valence-electron chi connectivity index (χ4n) is 2.57. The molecule has 0 bridgehead atoms. The maximum atomic E-state index is 12.3. The maximum Gasteiger partial charge on any atom is 0.264 e. The van der Waals surface area contributed by atoms with Gasteiger partial charge in [0.05, 0.1) is 12.0 Å². The van der Waals surface area contributed by atoms with Crippen LogP contribution in [-0.2, 0) is 10.5 Å². The molecular weight excluding hydrogens is 594 g/mol. The molecule has 1 amide bonds. The van der Waals surface area contributed by atoms with E-state index < -0.39 is 0 Å². The van der Waals surface area contributed by atoms with Crippen LogP contribution in [0.5, 0.6) is 0 Å². The minimum Gasteiger partial charge on any atom is -0.334 e. The number of halogens is 2. The minimum absolute atomic E-state index is 0.0678. The van der Waals surface area contributed by atoms with Gasteiger partial charge in [0.2, 0.25) is 16.2 Å².